The molecular weight excluding hydrogens is 334 g/mol. The summed E-state index contributed by atoms with van der Waals surface area (Å²) in [6.45, 7) is 3.60. The average Bonchev–Trinajstić information content (AvgIpc) is 2.67. The standard InChI is InChI=1S/C19H25N3O4/c1-4-13(2)17(12-23)20-18(24)11-22-19(25)10-9-16(21-22)14-5-7-15(26-3)8-6-14/h5-10,13,17,23H,4,11-12H2,1-3H3,(H,20,24)/t13-,17-/m0/s1. The molecule has 0 aliphatic carbocycles. The summed E-state index contributed by atoms with van der Waals surface area (Å²) in [5, 5.41) is 16.5. The van der Waals surface area contributed by atoms with Crippen LogP contribution in [0.25, 0.3) is 11.3 Å². The highest BCUT2D eigenvalue weighted by atomic mass is 16.5. The van der Waals surface area contributed by atoms with Gasteiger partial charge in [-0.15, -0.1) is 0 Å². The summed E-state index contributed by atoms with van der Waals surface area (Å²) < 4.78 is 6.25. The molecule has 1 heterocycles. The number of carbonyl (C=O) groups excluding carboxylic acids is 1. The maximum absolute atomic E-state index is 12.2. The van der Waals surface area contributed by atoms with Crippen LogP contribution in [0.4, 0.5) is 0 Å². The Labute approximate surface area is 152 Å². The van der Waals surface area contributed by atoms with Crippen LogP contribution < -0.4 is 15.6 Å². The summed E-state index contributed by atoms with van der Waals surface area (Å²) in [6, 6.07) is 9.94. The van der Waals surface area contributed by atoms with Crippen molar-refractivity contribution in [1.82, 2.24) is 15.1 Å². The van der Waals surface area contributed by atoms with Gasteiger partial charge in [-0.25, -0.2) is 4.68 Å². The van der Waals surface area contributed by atoms with E-state index in [2.05, 4.69) is 10.4 Å². The van der Waals surface area contributed by atoms with Crippen molar-refractivity contribution in [2.75, 3.05) is 13.7 Å². The average molecular weight is 359 g/mol. The first-order valence-electron chi connectivity index (χ1n) is 8.61. The zero-order valence-electron chi connectivity index (χ0n) is 15.3. The Morgan fingerprint density at radius 1 is 1.27 bits per heavy atom. The molecule has 1 amide bonds. The largest absolute Gasteiger partial charge is 0.497 e. The van der Waals surface area contributed by atoms with E-state index in [-0.39, 0.29) is 36.6 Å². The molecule has 1 aromatic heterocycles. The number of hydrogen-bond acceptors (Lipinski definition) is 5. The maximum atomic E-state index is 12.2. The molecule has 26 heavy (non-hydrogen) atoms. The summed E-state index contributed by atoms with van der Waals surface area (Å²) in [6.07, 6.45) is 0.830. The molecule has 0 spiro atoms. The van der Waals surface area contributed by atoms with Crippen molar-refractivity contribution in [1.29, 1.82) is 0 Å². The quantitative estimate of drug-likeness (QED) is 0.744. The molecule has 2 aromatic rings. The number of nitrogens with one attached hydrogen (secondary N) is 1. The van der Waals surface area contributed by atoms with Gasteiger partial charge in [0.05, 0.1) is 25.5 Å². The molecule has 7 heteroatoms. The van der Waals surface area contributed by atoms with Gasteiger partial charge >= 0.3 is 0 Å². The number of aliphatic hydroxyl groups excluding tert-OH is 1. The molecule has 0 saturated carbocycles. The van der Waals surface area contributed by atoms with Crippen LogP contribution in [-0.4, -0.2) is 40.6 Å². The summed E-state index contributed by atoms with van der Waals surface area (Å²) in [5.74, 6) is 0.506. The van der Waals surface area contributed by atoms with Crippen molar-refractivity contribution in [3.8, 4) is 17.0 Å². The Balaban J connectivity index is 2.16. The number of ether oxygens (including phenoxy) is 1. The molecule has 2 N–H and O–H groups in total. The predicted octanol–water partition coefficient (Wildman–Crippen LogP) is 1.44. The first-order chi connectivity index (χ1) is 12.5. The monoisotopic (exact) mass is 359 g/mol. The van der Waals surface area contributed by atoms with Gasteiger partial charge in [-0.2, -0.15) is 5.10 Å². The second-order valence-corrected chi connectivity index (χ2v) is 6.19. The van der Waals surface area contributed by atoms with E-state index >= 15 is 0 Å². The van der Waals surface area contributed by atoms with E-state index in [1.807, 2.05) is 26.0 Å². The SMILES string of the molecule is CC[C@H](C)[C@H](CO)NC(=O)Cn1nc(-c2ccc(OC)cc2)ccc1=O. The lowest BCUT2D eigenvalue weighted by atomic mass is 10.00. The third-order valence-electron chi connectivity index (χ3n) is 4.42. The maximum Gasteiger partial charge on any atom is 0.267 e. The molecule has 0 bridgehead atoms. The van der Waals surface area contributed by atoms with Crippen molar-refractivity contribution >= 4 is 5.91 Å². The molecule has 0 unspecified atom stereocenters. The van der Waals surface area contributed by atoms with E-state index in [9.17, 15) is 14.7 Å². The molecule has 2 rings (SSSR count). The Morgan fingerprint density at radius 3 is 2.54 bits per heavy atom. The fourth-order valence-electron chi connectivity index (χ4n) is 2.52. The van der Waals surface area contributed by atoms with Gasteiger partial charge in [-0.1, -0.05) is 20.3 Å². The Kier molecular flexibility index (Phi) is 6.91. The van der Waals surface area contributed by atoms with Gasteiger partial charge in [-0.3, -0.25) is 9.59 Å². The van der Waals surface area contributed by atoms with Crippen molar-refractivity contribution in [2.45, 2.75) is 32.9 Å². The van der Waals surface area contributed by atoms with E-state index in [1.54, 1.807) is 25.3 Å². The second kappa shape index (κ2) is 9.15. The lowest BCUT2D eigenvalue weighted by molar-refractivity contribution is -0.123. The number of hydrogen-bond donors (Lipinski definition) is 2. The first kappa shape index (κ1) is 19.7. The Bertz CT molecular complexity index is 786. The highest BCUT2D eigenvalue weighted by molar-refractivity contribution is 5.76. The van der Waals surface area contributed by atoms with Crippen molar-refractivity contribution in [3.63, 3.8) is 0 Å². The molecule has 0 fully saturated rings. The number of methoxy groups -OCH3 is 1. The molecule has 1 aromatic carbocycles. The molecule has 0 aliphatic rings. The van der Waals surface area contributed by atoms with Crippen LogP contribution in [0, 0.1) is 5.92 Å². The smallest absolute Gasteiger partial charge is 0.267 e. The number of nitrogens with zero attached hydrogens (tertiary/aromatic N) is 2. The minimum Gasteiger partial charge on any atom is -0.497 e. The Morgan fingerprint density at radius 2 is 1.96 bits per heavy atom. The molecule has 0 aliphatic heterocycles. The van der Waals surface area contributed by atoms with Crippen LogP contribution in [0.2, 0.25) is 0 Å². The van der Waals surface area contributed by atoms with Gasteiger partial charge in [0.2, 0.25) is 5.91 Å². The molecule has 0 saturated heterocycles. The van der Waals surface area contributed by atoms with E-state index in [0.717, 1.165) is 22.4 Å². The minimum atomic E-state index is -0.360. The predicted molar refractivity (Wildman–Crippen MR) is 99.0 cm³/mol. The number of rotatable bonds is 8. The van der Waals surface area contributed by atoms with Crippen LogP contribution in [-0.2, 0) is 11.3 Å². The first-order valence-corrected chi connectivity index (χ1v) is 8.61. The third kappa shape index (κ3) is 4.92. The summed E-state index contributed by atoms with van der Waals surface area (Å²) in [4.78, 5) is 24.3. The van der Waals surface area contributed by atoms with Gasteiger partial charge in [0, 0.05) is 11.6 Å². The number of aromatic nitrogens is 2. The summed E-state index contributed by atoms with van der Waals surface area (Å²) in [5.41, 5.74) is 1.04. The van der Waals surface area contributed by atoms with E-state index < -0.39 is 0 Å². The highest BCUT2D eigenvalue weighted by Crippen LogP contribution is 2.19. The summed E-state index contributed by atoms with van der Waals surface area (Å²) in [7, 11) is 1.59. The van der Waals surface area contributed by atoms with Gasteiger partial charge in [0.15, 0.2) is 0 Å². The van der Waals surface area contributed by atoms with Gasteiger partial charge < -0.3 is 15.2 Å². The fraction of sp³-hybridized carbons (Fsp3) is 0.421. The number of aliphatic hydroxyl groups is 1. The van der Waals surface area contributed by atoms with Crippen LogP contribution in [0.1, 0.15) is 20.3 Å². The van der Waals surface area contributed by atoms with Gasteiger partial charge in [-0.05, 0) is 36.2 Å². The number of amides is 1. The van der Waals surface area contributed by atoms with Crippen LogP contribution in [0.5, 0.6) is 5.75 Å². The third-order valence-corrected chi connectivity index (χ3v) is 4.42. The molecule has 0 radical (unpaired) electrons. The fourth-order valence-corrected chi connectivity index (χ4v) is 2.52. The molecular formula is C19H25N3O4. The topological polar surface area (TPSA) is 93.5 Å². The molecule has 2 atom stereocenters. The number of carbonyl (C=O) groups is 1. The van der Waals surface area contributed by atoms with Crippen LogP contribution in [0.3, 0.4) is 0 Å². The van der Waals surface area contributed by atoms with E-state index in [1.165, 1.54) is 6.07 Å². The van der Waals surface area contributed by atoms with Crippen LogP contribution in [0.15, 0.2) is 41.2 Å². The van der Waals surface area contributed by atoms with Crippen molar-refractivity contribution < 1.29 is 14.6 Å². The van der Waals surface area contributed by atoms with Gasteiger partial charge in [0.1, 0.15) is 12.3 Å². The number of benzene rings is 1. The van der Waals surface area contributed by atoms with Crippen molar-refractivity contribution in [2.24, 2.45) is 5.92 Å². The highest BCUT2D eigenvalue weighted by Gasteiger charge is 2.18. The normalized spacial score (nSPS) is 13.1. The minimum absolute atomic E-state index is 0.138. The second-order valence-electron chi connectivity index (χ2n) is 6.19. The van der Waals surface area contributed by atoms with Gasteiger partial charge in [0.25, 0.3) is 5.56 Å². The lowest BCUT2D eigenvalue weighted by Crippen LogP contribution is -2.44. The van der Waals surface area contributed by atoms with Crippen molar-refractivity contribution in [3.05, 3.63) is 46.8 Å². The van der Waals surface area contributed by atoms with Crippen LogP contribution >= 0.6 is 0 Å². The zero-order chi connectivity index (χ0) is 19.1. The molecule has 7 nitrogen and oxygen atoms in total. The lowest BCUT2D eigenvalue weighted by Gasteiger charge is -2.22. The van der Waals surface area contributed by atoms with E-state index in [4.69, 9.17) is 4.74 Å². The molecule has 140 valence electrons. The van der Waals surface area contributed by atoms with E-state index in [0.29, 0.717) is 5.69 Å². The zero-order valence-corrected chi connectivity index (χ0v) is 15.3. The Hall–Kier alpha value is -2.67. The summed E-state index contributed by atoms with van der Waals surface area (Å²) >= 11 is 0.